The molecule has 0 atom stereocenters. The fourth-order valence-electron chi connectivity index (χ4n) is 1.22. The summed E-state index contributed by atoms with van der Waals surface area (Å²) in [7, 11) is -3.14. The molecule has 0 aliphatic heterocycles. The van der Waals surface area contributed by atoms with Crippen molar-refractivity contribution in [2.45, 2.75) is 32.7 Å². The van der Waals surface area contributed by atoms with Gasteiger partial charge in [-0.15, -0.1) is 0 Å². The highest BCUT2D eigenvalue weighted by Gasteiger charge is 2.31. The average molecular weight is 208 g/mol. The Morgan fingerprint density at radius 2 is 1.85 bits per heavy atom. The first-order chi connectivity index (χ1) is 5.75. The SMILES string of the molecule is CCCN(C(C)(C)CN)S(C)(=O)=O. The molecule has 0 radical (unpaired) electrons. The lowest BCUT2D eigenvalue weighted by atomic mass is 10.1. The second-order valence-corrected chi connectivity index (χ2v) is 5.76. The van der Waals surface area contributed by atoms with E-state index in [9.17, 15) is 8.42 Å². The van der Waals surface area contributed by atoms with Gasteiger partial charge in [-0.3, -0.25) is 0 Å². The van der Waals surface area contributed by atoms with Crippen molar-refractivity contribution < 1.29 is 8.42 Å². The Morgan fingerprint density at radius 1 is 1.38 bits per heavy atom. The van der Waals surface area contributed by atoms with E-state index in [0.29, 0.717) is 13.1 Å². The van der Waals surface area contributed by atoms with Gasteiger partial charge in [0.25, 0.3) is 0 Å². The minimum absolute atomic E-state index is 0.333. The zero-order valence-corrected chi connectivity index (χ0v) is 9.69. The van der Waals surface area contributed by atoms with Crippen LogP contribution < -0.4 is 5.73 Å². The van der Waals surface area contributed by atoms with Gasteiger partial charge < -0.3 is 5.73 Å². The van der Waals surface area contributed by atoms with Crippen molar-refractivity contribution in [1.29, 1.82) is 0 Å². The molecule has 0 aliphatic rings. The molecule has 0 saturated carbocycles. The van der Waals surface area contributed by atoms with Crippen molar-refractivity contribution in [2.24, 2.45) is 5.73 Å². The van der Waals surface area contributed by atoms with Gasteiger partial charge in [-0.2, -0.15) is 4.31 Å². The summed E-state index contributed by atoms with van der Waals surface area (Å²) in [6.45, 7) is 6.49. The molecule has 0 aliphatic carbocycles. The zero-order valence-electron chi connectivity index (χ0n) is 8.87. The summed E-state index contributed by atoms with van der Waals surface area (Å²) in [5, 5.41) is 0. The number of rotatable bonds is 5. The van der Waals surface area contributed by atoms with Crippen LogP contribution in [-0.2, 0) is 10.0 Å². The lowest BCUT2D eigenvalue weighted by Crippen LogP contribution is -2.52. The van der Waals surface area contributed by atoms with Crippen LogP contribution in [0.1, 0.15) is 27.2 Å². The van der Waals surface area contributed by atoms with Crippen LogP contribution in [0.15, 0.2) is 0 Å². The lowest BCUT2D eigenvalue weighted by Gasteiger charge is -2.35. The van der Waals surface area contributed by atoms with Gasteiger partial charge in [0, 0.05) is 18.6 Å². The van der Waals surface area contributed by atoms with E-state index in [0.717, 1.165) is 6.42 Å². The van der Waals surface area contributed by atoms with Crippen LogP contribution in [0.5, 0.6) is 0 Å². The quantitative estimate of drug-likeness (QED) is 0.711. The third-order valence-corrected chi connectivity index (χ3v) is 3.48. The maximum Gasteiger partial charge on any atom is 0.211 e. The molecule has 2 N–H and O–H groups in total. The first kappa shape index (κ1) is 12.9. The Kier molecular flexibility index (Phi) is 4.35. The van der Waals surface area contributed by atoms with Gasteiger partial charge in [0.1, 0.15) is 0 Å². The molecule has 0 spiro atoms. The van der Waals surface area contributed by atoms with Crippen LogP contribution in [0.2, 0.25) is 0 Å². The third kappa shape index (κ3) is 3.62. The Morgan fingerprint density at radius 3 is 2.08 bits per heavy atom. The van der Waals surface area contributed by atoms with Crippen molar-refractivity contribution in [3.05, 3.63) is 0 Å². The van der Waals surface area contributed by atoms with Crippen molar-refractivity contribution in [1.82, 2.24) is 4.31 Å². The maximum atomic E-state index is 11.4. The normalized spacial score (nSPS) is 13.7. The predicted octanol–water partition coefficient (Wildman–Crippen LogP) is 0.395. The Bertz CT molecular complexity index is 247. The number of hydrogen-bond donors (Lipinski definition) is 1. The van der Waals surface area contributed by atoms with E-state index in [1.54, 1.807) is 0 Å². The summed E-state index contributed by atoms with van der Waals surface area (Å²) < 4.78 is 24.3. The summed E-state index contributed by atoms with van der Waals surface area (Å²) >= 11 is 0. The molecule has 5 heteroatoms. The van der Waals surface area contributed by atoms with Crippen molar-refractivity contribution in [2.75, 3.05) is 19.3 Å². The fourth-order valence-corrected chi connectivity index (χ4v) is 2.71. The van der Waals surface area contributed by atoms with Gasteiger partial charge in [-0.05, 0) is 20.3 Å². The minimum Gasteiger partial charge on any atom is -0.329 e. The van der Waals surface area contributed by atoms with Crippen LogP contribution >= 0.6 is 0 Å². The largest absolute Gasteiger partial charge is 0.329 e. The molecular formula is C8H20N2O2S. The second kappa shape index (κ2) is 4.39. The summed E-state index contributed by atoms with van der Waals surface area (Å²) in [4.78, 5) is 0. The fraction of sp³-hybridized carbons (Fsp3) is 1.00. The van der Waals surface area contributed by atoms with Gasteiger partial charge in [0.05, 0.1) is 6.26 Å². The first-order valence-corrected chi connectivity index (χ1v) is 6.28. The Balaban J connectivity index is 4.82. The highest BCUT2D eigenvalue weighted by molar-refractivity contribution is 7.88. The van der Waals surface area contributed by atoms with E-state index in [1.807, 2.05) is 20.8 Å². The molecular weight excluding hydrogens is 188 g/mol. The van der Waals surface area contributed by atoms with Crippen molar-refractivity contribution in [3.8, 4) is 0 Å². The maximum absolute atomic E-state index is 11.4. The topological polar surface area (TPSA) is 63.4 Å². The second-order valence-electron chi connectivity index (χ2n) is 3.85. The molecule has 0 aromatic heterocycles. The van der Waals surface area contributed by atoms with E-state index in [4.69, 9.17) is 5.73 Å². The molecule has 0 bridgehead atoms. The van der Waals surface area contributed by atoms with Crippen LogP contribution in [-0.4, -0.2) is 37.6 Å². The predicted molar refractivity (Wildman–Crippen MR) is 55.0 cm³/mol. The van der Waals surface area contributed by atoms with Crippen LogP contribution in [0, 0.1) is 0 Å². The molecule has 0 unspecified atom stereocenters. The lowest BCUT2D eigenvalue weighted by molar-refractivity contribution is 0.236. The van der Waals surface area contributed by atoms with Gasteiger partial charge in [0.15, 0.2) is 0 Å². The zero-order chi connectivity index (χ0) is 10.7. The highest BCUT2D eigenvalue weighted by atomic mass is 32.2. The number of nitrogens with zero attached hydrogens (tertiary/aromatic N) is 1. The van der Waals surface area contributed by atoms with Crippen molar-refractivity contribution in [3.63, 3.8) is 0 Å². The number of sulfonamides is 1. The van der Waals surface area contributed by atoms with Gasteiger partial charge in [-0.1, -0.05) is 6.92 Å². The monoisotopic (exact) mass is 208 g/mol. The molecule has 0 aromatic rings. The third-order valence-electron chi connectivity index (χ3n) is 2.00. The standard InChI is InChI=1S/C8H20N2O2S/c1-5-6-10(13(4,11)12)8(2,3)7-9/h5-7,9H2,1-4H3. The Hall–Kier alpha value is -0.130. The van der Waals surface area contributed by atoms with E-state index in [1.165, 1.54) is 10.6 Å². The van der Waals surface area contributed by atoms with Gasteiger partial charge >= 0.3 is 0 Å². The minimum atomic E-state index is -3.14. The average Bonchev–Trinajstić information content (AvgIpc) is 1.98. The number of hydrogen-bond acceptors (Lipinski definition) is 3. The van der Waals surface area contributed by atoms with Gasteiger partial charge in [-0.25, -0.2) is 8.42 Å². The van der Waals surface area contributed by atoms with Gasteiger partial charge in [0.2, 0.25) is 10.0 Å². The van der Waals surface area contributed by atoms with Crippen LogP contribution in [0.25, 0.3) is 0 Å². The summed E-state index contributed by atoms with van der Waals surface area (Å²) in [6.07, 6.45) is 2.02. The summed E-state index contributed by atoms with van der Waals surface area (Å²) in [5.74, 6) is 0. The van der Waals surface area contributed by atoms with Crippen molar-refractivity contribution >= 4 is 10.0 Å². The molecule has 4 nitrogen and oxygen atoms in total. The highest BCUT2D eigenvalue weighted by Crippen LogP contribution is 2.16. The molecule has 0 amide bonds. The molecule has 0 heterocycles. The molecule has 13 heavy (non-hydrogen) atoms. The molecule has 80 valence electrons. The molecule has 0 fully saturated rings. The van der Waals surface area contributed by atoms with Crippen LogP contribution in [0.4, 0.5) is 0 Å². The first-order valence-electron chi connectivity index (χ1n) is 4.43. The molecule has 0 rings (SSSR count). The number of nitrogens with two attached hydrogens (primary N) is 1. The van der Waals surface area contributed by atoms with E-state index < -0.39 is 15.6 Å². The summed E-state index contributed by atoms with van der Waals surface area (Å²) in [5.41, 5.74) is 5.05. The van der Waals surface area contributed by atoms with E-state index >= 15 is 0 Å². The molecule has 0 saturated heterocycles. The smallest absolute Gasteiger partial charge is 0.211 e. The van der Waals surface area contributed by atoms with Crippen LogP contribution in [0.3, 0.4) is 0 Å². The molecule has 0 aromatic carbocycles. The van der Waals surface area contributed by atoms with E-state index in [2.05, 4.69) is 0 Å². The Labute approximate surface area is 81.2 Å². The van der Waals surface area contributed by atoms with E-state index in [-0.39, 0.29) is 0 Å². The summed E-state index contributed by atoms with van der Waals surface area (Å²) in [6, 6.07) is 0.